The Kier molecular flexibility index (Phi) is 4.48. The standard InChI is InChI=1S/C16H16N2S/c1-3-12-7-9-13(10-8-12)18-15-5-4-6-16(19-2)14(15)11-17/h4-10,18H,3H2,1-2H3. The number of nitriles is 1. The predicted molar refractivity (Wildman–Crippen MR) is 82.0 cm³/mol. The van der Waals surface area contributed by atoms with Gasteiger partial charge >= 0.3 is 0 Å². The van der Waals surface area contributed by atoms with Crippen LogP contribution in [0.5, 0.6) is 0 Å². The van der Waals surface area contributed by atoms with E-state index in [-0.39, 0.29) is 0 Å². The van der Waals surface area contributed by atoms with Crippen LogP contribution in [0.15, 0.2) is 47.4 Å². The fraction of sp³-hybridized carbons (Fsp3) is 0.188. The zero-order chi connectivity index (χ0) is 13.7. The lowest BCUT2D eigenvalue weighted by Crippen LogP contribution is -1.95. The van der Waals surface area contributed by atoms with Crippen molar-refractivity contribution in [3.63, 3.8) is 0 Å². The fourth-order valence-corrected chi connectivity index (χ4v) is 2.47. The topological polar surface area (TPSA) is 35.8 Å². The molecule has 96 valence electrons. The summed E-state index contributed by atoms with van der Waals surface area (Å²) in [6.45, 7) is 2.14. The van der Waals surface area contributed by atoms with Gasteiger partial charge in [0, 0.05) is 10.6 Å². The Morgan fingerprint density at radius 2 is 1.89 bits per heavy atom. The molecular weight excluding hydrogens is 252 g/mol. The molecule has 0 aromatic heterocycles. The van der Waals surface area contributed by atoms with Crippen molar-refractivity contribution in [3.8, 4) is 6.07 Å². The molecule has 1 N–H and O–H groups in total. The van der Waals surface area contributed by atoms with Crippen LogP contribution < -0.4 is 5.32 Å². The maximum atomic E-state index is 9.29. The highest BCUT2D eigenvalue weighted by atomic mass is 32.2. The van der Waals surface area contributed by atoms with Crippen molar-refractivity contribution in [3.05, 3.63) is 53.6 Å². The maximum absolute atomic E-state index is 9.29. The Morgan fingerprint density at radius 1 is 1.16 bits per heavy atom. The third-order valence-corrected chi connectivity index (χ3v) is 3.78. The first-order valence-electron chi connectivity index (χ1n) is 6.21. The van der Waals surface area contributed by atoms with Gasteiger partial charge in [-0.05, 0) is 42.5 Å². The van der Waals surface area contributed by atoms with Crippen molar-refractivity contribution in [2.45, 2.75) is 18.2 Å². The Labute approximate surface area is 118 Å². The molecule has 0 radical (unpaired) electrons. The van der Waals surface area contributed by atoms with Crippen molar-refractivity contribution in [1.82, 2.24) is 0 Å². The van der Waals surface area contributed by atoms with E-state index in [9.17, 15) is 5.26 Å². The molecule has 0 aliphatic rings. The number of aryl methyl sites for hydroxylation is 1. The summed E-state index contributed by atoms with van der Waals surface area (Å²) in [4.78, 5) is 0.998. The molecule has 19 heavy (non-hydrogen) atoms. The molecule has 2 rings (SSSR count). The molecule has 0 aliphatic heterocycles. The minimum atomic E-state index is 0.703. The summed E-state index contributed by atoms with van der Waals surface area (Å²) in [7, 11) is 0. The lowest BCUT2D eigenvalue weighted by Gasteiger charge is -2.11. The predicted octanol–water partition coefficient (Wildman–Crippen LogP) is 4.59. The number of nitrogens with one attached hydrogen (secondary N) is 1. The molecule has 0 bridgehead atoms. The Hall–Kier alpha value is -1.92. The van der Waals surface area contributed by atoms with E-state index in [1.165, 1.54) is 5.56 Å². The van der Waals surface area contributed by atoms with E-state index >= 15 is 0 Å². The highest BCUT2D eigenvalue weighted by Crippen LogP contribution is 2.28. The smallest absolute Gasteiger partial charge is 0.103 e. The summed E-state index contributed by atoms with van der Waals surface area (Å²) in [5.41, 5.74) is 3.88. The van der Waals surface area contributed by atoms with Crippen LogP contribution in [0.25, 0.3) is 0 Å². The van der Waals surface area contributed by atoms with E-state index in [0.29, 0.717) is 5.56 Å². The molecule has 0 unspecified atom stereocenters. The first kappa shape index (κ1) is 13.5. The molecule has 0 heterocycles. The first-order valence-corrected chi connectivity index (χ1v) is 7.44. The van der Waals surface area contributed by atoms with Crippen molar-refractivity contribution in [2.75, 3.05) is 11.6 Å². The Balaban J connectivity index is 2.30. The number of hydrogen-bond acceptors (Lipinski definition) is 3. The summed E-state index contributed by atoms with van der Waals surface area (Å²) in [6.07, 6.45) is 3.02. The van der Waals surface area contributed by atoms with Gasteiger partial charge in [0.05, 0.1) is 11.3 Å². The van der Waals surface area contributed by atoms with Crippen molar-refractivity contribution >= 4 is 23.1 Å². The van der Waals surface area contributed by atoms with E-state index < -0.39 is 0 Å². The molecule has 0 saturated heterocycles. The van der Waals surface area contributed by atoms with E-state index in [0.717, 1.165) is 22.7 Å². The molecule has 0 amide bonds. The second kappa shape index (κ2) is 6.31. The number of rotatable bonds is 4. The Bertz CT molecular complexity index is 597. The monoisotopic (exact) mass is 268 g/mol. The number of thioether (sulfide) groups is 1. The quantitative estimate of drug-likeness (QED) is 0.824. The van der Waals surface area contributed by atoms with E-state index in [4.69, 9.17) is 0 Å². The van der Waals surface area contributed by atoms with Crippen molar-refractivity contribution < 1.29 is 0 Å². The molecule has 0 saturated carbocycles. The van der Waals surface area contributed by atoms with Gasteiger partial charge in [0.2, 0.25) is 0 Å². The van der Waals surface area contributed by atoms with Gasteiger partial charge in [-0.3, -0.25) is 0 Å². The average molecular weight is 268 g/mol. The molecule has 0 spiro atoms. The summed E-state index contributed by atoms with van der Waals surface area (Å²) >= 11 is 1.59. The van der Waals surface area contributed by atoms with Crippen molar-refractivity contribution in [2.24, 2.45) is 0 Å². The molecule has 0 fully saturated rings. The largest absolute Gasteiger partial charge is 0.354 e. The molecule has 3 heteroatoms. The molecule has 0 aliphatic carbocycles. The van der Waals surface area contributed by atoms with Crippen LogP contribution in [0.2, 0.25) is 0 Å². The first-order chi connectivity index (χ1) is 9.28. The van der Waals surface area contributed by atoms with Crippen LogP contribution in [0, 0.1) is 11.3 Å². The van der Waals surface area contributed by atoms with E-state index in [2.05, 4.69) is 30.4 Å². The summed E-state index contributed by atoms with van der Waals surface area (Å²) in [5, 5.41) is 12.6. The van der Waals surface area contributed by atoms with Gasteiger partial charge < -0.3 is 5.32 Å². The molecule has 2 nitrogen and oxygen atoms in total. The molecule has 2 aromatic rings. The summed E-state index contributed by atoms with van der Waals surface area (Å²) < 4.78 is 0. The molecule has 0 atom stereocenters. The van der Waals surface area contributed by atoms with E-state index in [1.54, 1.807) is 11.8 Å². The van der Waals surface area contributed by atoms with Gasteiger partial charge in [-0.2, -0.15) is 5.26 Å². The van der Waals surface area contributed by atoms with Crippen LogP contribution in [0.3, 0.4) is 0 Å². The second-order valence-electron chi connectivity index (χ2n) is 4.17. The molecular formula is C16H16N2S. The second-order valence-corrected chi connectivity index (χ2v) is 5.02. The lowest BCUT2D eigenvalue weighted by molar-refractivity contribution is 1.14. The highest BCUT2D eigenvalue weighted by Gasteiger charge is 2.07. The van der Waals surface area contributed by atoms with Gasteiger partial charge in [-0.1, -0.05) is 25.1 Å². The van der Waals surface area contributed by atoms with Gasteiger partial charge in [0.25, 0.3) is 0 Å². The number of benzene rings is 2. The minimum absolute atomic E-state index is 0.703. The van der Waals surface area contributed by atoms with Crippen LogP contribution in [0.1, 0.15) is 18.1 Å². The number of nitrogens with zero attached hydrogens (tertiary/aromatic N) is 1. The zero-order valence-corrected chi connectivity index (χ0v) is 11.9. The summed E-state index contributed by atoms with van der Waals surface area (Å²) in [5.74, 6) is 0. The SMILES string of the molecule is CCc1ccc(Nc2cccc(SC)c2C#N)cc1. The van der Waals surface area contributed by atoms with Gasteiger partial charge in [0.1, 0.15) is 6.07 Å². The normalized spacial score (nSPS) is 9.95. The molecule has 2 aromatic carbocycles. The van der Waals surface area contributed by atoms with Gasteiger partial charge in [0.15, 0.2) is 0 Å². The zero-order valence-electron chi connectivity index (χ0n) is 11.1. The average Bonchev–Trinajstić information content (AvgIpc) is 2.47. The van der Waals surface area contributed by atoms with Gasteiger partial charge in [-0.25, -0.2) is 0 Å². The number of hydrogen-bond donors (Lipinski definition) is 1. The third kappa shape index (κ3) is 3.10. The van der Waals surface area contributed by atoms with Crippen LogP contribution in [-0.2, 0) is 6.42 Å². The summed E-state index contributed by atoms with van der Waals surface area (Å²) in [6, 6.07) is 16.4. The van der Waals surface area contributed by atoms with Gasteiger partial charge in [-0.15, -0.1) is 11.8 Å². The number of anilines is 2. The van der Waals surface area contributed by atoms with Crippen LogP contribution in [-0.4, -0.2) is 6.26 Å². The van der Waals surface area contributed by atoms with Crippen LogP contribution >= 0.6 is 11.8 Å². The fourth-order valence-electron chi connectivity index (χ4n) is 1.90. The maximum Gasteiger partial charge on any atom is 0.103 e. The minimum Gasteiger partial charge on any atom is -0.354 e. The van der Waals surface area contributed by atoms with Crippen LogP contribution in [0.4, 0.5) is 11.4 Å². The lowest BCUT2D eigenvalue weighted by atomic mass is 10.1. The Morgan fingerprint density at radius 3 is 2.47 bits per heavy atom. The van der Waals surface area contributed by atoms with E-state index in [1.807, 2.05) is 36.6 Å². The third-order valence-electron chi connectivity index (χ3n) is 3.00. The van der Waals surface area contributed by atoms with Crippen molar-refractivity contribution in [1.29, 1.82) is 5.26 Å². The highest BCUT2D eigenvalue weighted by molar-refractivity contribution is 7.98.